The van der Waals surface area contributed by atoms with E-state index in [1.54, 1.807) is 0 Å². The number of aromatic amines is 1. The van der Waals surface area contributed by atoms with Gasteiger partial charge in [0.15, 0.2) is 0 Å². The maximum Gasteiger partial charge on any atom is 0.326 e. The number of rotatable bonds is 5. The van der Waals surface area contributed by atoms with E-state index in [1.165, 1.54) is 0 Å². The second kappa shape index (κ2) is 5.68. The molecule has 110 valence electrons. The van der Waals surface area contributed by atoms with E-state index >= 15 is 0 Å². The number of carboxylic acid groups (broad SMARTS) is 2. The molecule has 20 heavy (non-hydrogen) atoms. The Bertz CT molecular complexity index is 531. The van der Waals surface area contributed by atoms with Gasteiger partial charge in [-0.2, -0.15) is 0 Å². The van der Waals surface area contributed by atoms with Gasteiger partial charge in [0.25, 0.3) is 5.91 Å². The monoisotopic (exact) mass is 284 g/mol. The van der Waals surface area contributed by atoms with Gasteiger partial charge in [-0.1, -0.05) is 20.8 Å². The molecular formula is C11H16N4O5. The number of carbonyl (C=O) groups is 3. The van der Waals surface area contributed by atoms with Crippen molar-refractivity contribution in [1.29, 1.82) is 0 Å². The molecular weight excluding hydrogens is 268 g/mol. The minimum Gasteiger partial charge on any atom is -0.481 e. The Morgan fingerprint density at radius 2 is 1.90 bits per heavy atom. The molecule has 0 unspecified atom stereocenters. The van der Waals surface area contributed by atoms with E-state index in [-0.39, 0.29) is 11.2 Å². The van der Waals surface area contributed by atoms with Crippen LogP contribution in [0.2, 0.25) is 0 Å². The maximum absolute atomic E-state index is 11.8. The van der Waals surface area contributed by atoms with Crippen molar-refractivity contribution in [3.8, 4) is 0 Å². The van der Waals surface area contributed by atoms with Gasteiger partial charge in [-0.05, 0) is 0 Å². The number of aliphatic carboxylic acids is 2. The van der Waals surface area contributed by atoms with Crippen LogP contribution in [-0.2, 0) is 15.0 Å². The SMILES string of the molecule is CC(C)(C)c1nc(C(=O)N[C@H](CC(=O)O)C(=O)O)n[nH]1. The Morgan fingerprint density at radius 3 is 2.30 bits per heavy atom. The number of H-pyrrole nitrogens is 1. The molecule has 0 aliphatic heterocycles. The summed E-state index contributed by atoms with van der Waals surface area (Å²) in [4.78, 5) is 37.1. The van der Waals surface area contributed by atoms with Gasteiger partial charge in [0, 0.05) is 5.41 Å². The summed E-state index contributed by atoms with van der Waals surface area (Å²) in [7, 11) is 0. The first-order chi connectivity index (χ1) is 9.11. The molecule has 0 aromatic carbocycles. The van der Waals surface area contributed by atoms with Crippen LogP contribution in [0.3, 0.4) is 0 Å². The molecule has 1 rings (SSSR count). The van der Waals surface area contributed by atoms with E-state index in [1.807, 2.05) is 20.8 Å². The number of aromatic nitrogens is 3. The topological polar surface area (TPSA) is 145 Å². The highest BCUT2D eigenvalue weighted by Crippen LogP contribution is 2.17. The summed E-state index contributed by atoms with van der Waals surface area (Å²) < 4.78 is 0. The maximum atomic E-state index is 11.8. The highest BCUT2D eigenvalue weighted by Gasteiger charge is 2.26. The molecule has 1 amide bonds. The molecule has 0 saturated heterocycles. The molecule has 0 aliphatic rings. The third-order valence-electron chi connectivity index (χ3n) is 2.38. The van der Waals surface area contributed by atoms with Crippen LogP contribution in [-0.4, -0.2) is 49.3 Å². The van der Waals surface area contributed by atoms with Crippen LogP contribution in [0.1, 0.15) is 43.6 Å². The summed E-state index contributed by atoms with van der Waals surface area (Å²) in [5, 5.41) is 25.7. The molecule has 1 heterocycles. The van der Waals surface area contributed by atoms with Gasteiger partial charge in [0.05, 0.1) is 6.42 Å². The predicted octanol–water partition coefficient (Wildman–Crippen LogP) is -0.240. The number of amides is 1. The van der Waals surface area contributed by atoms with E-state index in [2.05, 4.69) is 20.5 Å². The highest BCUT2D eigenvalue weighted by molar-refractivity contribution is 5.94. The number of hydrogen-bond donors (Lipinski definition) is 4. The predicted molar refractivity (Wildman–Crippen MR) is 66.2 cm³/mol. The molecule has 4 N–H and O–H groups in total. The zero-order chi connectivity index (χ0) is 15.5. The molecule has 0 bridgehead atoms. The Morgan fingerprint density at radius 1 is 1.30 bits per heavy atom. The number of nitrogens with zero attached hydrogens (tertiary/aromatic N) is 2. The van der Waals surface area contributed by atoms with Gasteiger partial charge in [-0.3, -0.25) is 14.7 Å². The molecule has 0 saturated carbocycles. The number of carboxylic acids is 2. The standard InChI is InChI=1S/C11H16N4O5/c1-11(2,3)10-13-7(14-15-10)8(18)12-5(9(19)20)4-6(16)17/h5H,4H2,1-3H3,(H,12,18)(H,16,17)(H,19,20)(H,13,14,15)/t5-/m1/s1. The van der Waals surface area contributed by atoms with Crippen LogP contribution in [0.15, 0.2) is 0 Å². The van der Waals surface area contributed by atoms with Crippen LogP contribution in [0.25, 0.3) is 0 Å². The lowest BCUT2D eigenvalue weighted by atomic mass is 9.96. The van der Waals surface area contributed by atoms with Crippen molar-refractivity contribution in [3.63, 3.8) is 0 Å². The quantitative estimate of drug-likeness (QED) is 0.583. The van der Waals surface area contributed by atoms with Crippen LogP contribution in [0.4, 0.5) is 0 Å². The Hall–Kier alpha value is -2.45. The van der Waals surface area contributed by atoms with Crippen LogP contribution < -0.4 is 5.32 Å². The zero-order valence-corrected chi connectivity index (χ0v) is 11.3. The van der Waals surface area contributed by atoms with E-state index in [0.29, 0.717) is 5.82 Å². The van der Waals surface area contributed by atoms with Crippen molar-refractivity contribution in [1.82, 2.24) is 20.5 Å². The third kappa shape index (κ3) is 4.04. The van der Waals surface area contributed by atoms with Crippen molar-refractivity contribution in [2.45, 2.75) is 38.6 Å². The Balaban J connectivity index is 2.82. The van der Waals surface area contributed by atoms with Crippen molar-refractivity contribution in [2.24, 2.45) is 0 Å². The highest BCUT2D eigenvalue weighted by atomic mass is 16.4. The zero-order valence-electron chi connectivity index (χ0n) is 11.3. The summed E-state index contributed by atoms with van der Waals surface area (Å²) in [6, 6.07) is -1.53. The first kappa shape index (κ1) is 15.6. The van der Waals surface area contributed by atoms with Gasteiger partial charge in [-0.15, -0.1) is 5.10 Å². The van der Waals surface area contributed by atoms with Gasteiger partial charge >= 0.3 is 11.9 Å². The Kier molecular flexibility index (Phi) is 4.43. The van der Waals surface area contributed by atoms with Crippen LogP contribution in [0.5, 0.6) is 0 Å². The van der Waals surface area contributed by atoms with Crippen molar-refractivity contribution >= 4 is 17.8 Å². The number of hydrogen-bond acceptors (Lipinski definition) is 5. The summed E-state index contributed by atoms with van der Waals surface area (Å²) in [5.41, 5.74) is -0.348. The van der Waals surface area contributed by atoms with Gasteiger partial charge in [0.1, 0.15) is 11.9 Å². The van der Waals surface area contributed by atoms with Crippen molar-refractivity contribution in [2.75, 3.05) is 0 Å². The van der Waals surface area contributed by atoms with Gasteiger partial charge in [0.2, 0.25) is 5.82 Å². The van der Waals surface area contributed by atoms with Crippen molar-refractivity contribution < 1.29 is 24.6 Å². The second-order valence-corrected chi connectivity index (χ2v) is 5.22. The molecule has 1 aromatic rings. The molecule has 0 aliphatic carbocycles. The van der Waals surface area contributed by atoms with Gasteiger partial charge < -0.3 is 15.5 Å². The first-order valence-corrected chi connectivity index (χ1v) is 5.79. The number of carbonyl (C=O) groups excluding carboxylic acids is 1. The average Bonchev–Trinajstić information content (AvgIpc) is 2.75. The lowest BCUT2D eigenvalue weighted by Crippen LogP contribution is -2.42. The lowest BCUT2D eigenvalue weighted by Gasteiger charge is -2.13. The summed E-state index contributed by atoms with van der Waals surface area (Å²) in [6.07, 6.45) is -0.725. The van der Waals surface area contributed by atoms with Crippen molar-refractivity contribution in [3.05, 3.63) is 11.6 Å². The molecule has 9 heteroatoms. The van der Waals surface area contributed by atoms with E-state index in [4.69, 9.17) is 10.2 Å². The number of nitrogens with one attached hydrogen (secondary N) is 2. The van der Waals surface area contributed by atoms with Crippen LogP contribution >= 0.6 is 0 Å². The summed E-state index contributed by atoms with van der Waals surface area (Å²) in [6.45, 7) is 5.58. The third-order valence-corrected chi connectivity index (χ3v) is 2.38. The van der Waals surface area contributed by atoms with Crippen LogP contribution in [0, 0.1) is 0 Å². The molecule has 9 nitrogen and oxygen atoms in total. The molecule has 1 atom stereocenters. The molecule has 0 fully saturated rings. The van der Waals surface area contributed by atoms with E-state index in [9.17, 15) is 14.4 Å². The smallest absolute Gasteiger partial charge is 0.326 e. The Labute approximate surface area is 114 Å². The average molecular weight is 284 g/mol. The fourth-order valence-corrected chi connectivity index (χ4v) is 1.30. The summed E-state index contributed by atoms with van der Waals surface area (Å²) in [5.74, 6) is -3.37. The first-order valence-electron chi connectivity index (χ1n) is 5.79. The minimum atomic E-state index is -1.53. The fraction of sp³-hybridized carbons (Fsp3) is 0.545. The molecule has 1 aromatic heterocycles. The van der Waals surface area contributed by atoms with E-state index in [0.717, 1.165) is 0 Å². The summed E-state index contributed by atoms with van der Waals surface area (Å²) >= 11 is 0. The lowest BCUT2D eigenvalue weighted by molar-refractivity contribution is -0.145. The molecule has 0 spiro atoms. The molecule has 0 radical (unpaired) electrons. The largest absolute Gasteiger partial charge is 0.481 e. The second-order valence-electron chi connectivity index (χ2n) is 5.22. The van der Waals surface area contributed by atoms with Gasteiger partial charge in [-0.25, -0.2) is 9.78 Å². The minimum absolute atomic E-state index is 0.230. The van der Waals surface area contributed by atoms with E-state index < -0.39 is 30.3 Å². The fourth-order valence-electron chi connectivity index (χ4n) is 1.30. The normalized spacial score (nSPS) is 12.8.